The van der Waals surface area contributed by atoms with Gasteiger partial charge in [-0.1, -0.05) is 0 Å². The second-order valence-corrected chi connectivity index (χ2v) is 0. The molecule has 0 rings (SSSR count). The van der Waals surface area contributed by atoms with Gasteiger partial charge >= 0.3 is 34.7 Å². The van der Waals surface area contributed by atoms with Gasteiger partial charge in [-0.25, -0.2) is 0 Å². The molecular formula is Al2B2La2O3. The Labute approximate surface area is 136 Å². The molecule has 0 aromatic carbocycles. The molecule has 0 saturated carbocycles. The zero-order chi connectivity index (χ0) is 0. The third-order valence-corrected chi connectivity index (χ3v) is 0. The van der Waals surface area contributed by atoms with E-state index in [0.29, 0.717) is 0 Å². The van der Waals surface area contributed by atoms with Gasteiger partial charge in [-0.2, -0.15) is 0 Å². The van der Waals surface area contributed by atoms with E-state index in [2.05, 4.69) is 0 Å². The Hall–Kier alpha value is 3.46. The summed E-state index contributed by atoms with van der Waals surface area (Å²) in [5, 5.41) is 0. The van der Waals surface area contributed by atoms with E-state index in [4.69, 9.17) is 0 Å². The van der Waals surface area contributed by atoms with E-state index >= 15 is 0 Å². The number of rotatable bonds is 0. The summed E-state index contributed by atoms with van der Waals surface area (Å²) in [5.41, 5.74) is 0. The molecule has 0 amide bonds. The van der Waals surface area contributed by atoms with Crippen LogP contribution >= 0.6 is 0 Å². The molecule has 8 radical (unpaired) electrons. The Kier molecular flexibility index (Phi) is 1590. The summed E-state index contributed by atoms with van der Waals surface area (Å²) >= 11 is 0. The second kappa shape index (κ2) is 105. The van der Waals surface area contributed by atoms with Crippen LogP contribution in [0, 0.1) is 71.2 Å². The van der Waals surface area contributed by atoms with Crippen molar-refractivity contribution in [2.45, 2.75) is 0 Å². The average molecular weight is 401 g/mol. The van der Waals surface area contributed by atoms with Crippen LogP contribution in [0.5, 0.6) is 0 Å². The average Bonchev–Trinajstić information content (AvgIpc) is 0. The van der Waals surface area contributed by atoms with E-state index in [1.165, 1.54) is 0 Å². The van der Waals surface area contributed by atoms with Crippen LogP contribution in [0.25, 0.3) is 0 Å². The van der Waals surface area contributed by atoms with E-state index in [-0.39, 0.29) is 139 Å². The Morgan fingerprint density at radius 2 is 0.444 bits per heavy atom. The third kappa shape index (κ3) is 85.6. The molecule has 0 aromatic heterocycles. The topological polar surface area (TPSA) is 85.5 Å². The predicted molar refractivity (Wildman–Crippen MR) is 25.1 cm³/mol. The molecule has 0 spiro atoms. The second-order valence-electron chi connectivity index (χ2n) is 0. The van der Waals surface area contributed by atoms with E-state index < -0.39 is 0 Å². The van der Waals surface area contributed by atoms with Gasteiger partial charge in [0.2, 0.25) is 0 Å². The quantitative estimate of drug-likeness (QED) is 0.426. The van der Waals surface area contributed by atoms with Crippen LogP contribution in [0.2, 0.25) is 0 Å². The maximum Gasteiger partial charge on any atom is 3.00 e. The molecule has 0 aromatic rings. The standard InChI is InChI=1S/2Al.2B.2La.3O/q2*+3;;;;;3*-2. The molecule has 0 saturated heterocycles. The Bertz CT molecular complexity index is 17.8. The molecule has 0 aliphatic carbocycles. The summed E-state index contributed by atoms with van der Waals surface area (Å²) < 4.78 is 0. The van der Waals surface area contributed by atoms with Crippen LogP contribution in [-0.2, 0) is 16.4 Å². The molecule has 0 heterocycles. The van der Waals surface area contributed by atoms with Gasteiger partial charge in [0.25, 0.3) is 0 Å². The van der Waals surface area contributed by atoms with Gasteiger partial charge in [-0.3, -0.25) is 0 Å². The largest absolute Gasteiger partial charge is 3.00 e. The van der Waals surface area contributed by atoms with Crippen LogP contribution < -0.4 is 0 Å². The molecule has 0 N–H and O–H groups in total. The van der Waals surface area contributed by atoms with Crippen LogP contribution in [-0.4, -0.2) is 51.5 Å². The van der Waals surface area contributed by atoms with E-state index in [1.54, 1.807) is 0 Å². The zero-order valence-electron chi connectivity index (χ0n) is 4.69. The Morgan fingerprint density at radius 1 is 0.444 bits per heavy atom. The van der Waals surface area contributed by atoms with Crippen molar-refractivity contribution in [1.29, 1.82) is 0 Å². The molecule has 3 nitrogen and oxygen atoms in total. The molecule has 36 valence electrons. The Balaban J connectivity index is 0. The van der Waals surface area contributed by atoms with Crippen molar-refractivity contribution in [3.05, 3.63) is 0 Å². The molecule has 9 heavy (non-hydrogen) atoms. The molecule has 0 unspecified atom stereocenters. The minimum atomic E-state index is 0. The van der Waals surface area contributed by atoms with Crippen molar-refractivity contribution < 1.29 is 87.6 Å². The maximum atomic E-state index is 0. The van der Waals surface area contributed by atoms with E-state index in [1.807, 2.05) is 0 Å². The molecule has 0 aliphatic rings. The van der Waals surface area contributed by atoms with Crippen LogP contribution in [0.4, 0.5) is 0 Å². The third-order valence-electron chi connectivity index (χ3n) is 0. The Morgan fingerprint density at radius 3 is 0.444 bits per heavy atom. The summed E-state index contributed by atoms with van der Waals surface area (Å²) in [7, 11) is 0. The first-order valence-electron chi connectivity index (χ1n) is 0. The van der Waals surface area contributed by atoms with Gasteiger partial charge in [0.15, 0.2) is 0 Å². The first kappa shape index (κ1) is 136. The van der Waals surface area contributed by atoms with Crippen molar-refractivity contribution in [2.75, 3.05) is 0 Å². The van der Waals surface area contributed by atoms with E-state index in [9.17, 15) is 0 Å². The van der Waals surface area contributed by atoms with Gasteiger partial charge in [0, 0.05) is 88.0 Å². The first-order valence-corrected chi connectivity index (χ1v) is 0. The predicted octanol–water partition coefficient (Wildman–Crippen LogP) is -1.88. The smallest absolute Gasteiger partial charge is 2.00 e. The minimum Gasteiger partial charge on any atom is -2.00 e. The first-order chi connectivity index (χ1) is 0. The van der Waals surface area contributed by atoms with Gasteiger partial charge in [0.05, 0.1) is 0 Å². The van der Waals surface area contributed by atoms with Crippen LogP contribution in [0.3, 0.4) is 0 Å². The summed E-state index contributed by atoms with van der Waals surface area (Å²) in [6.07, 6.45) is 0. The fourth-order valence-corrected chi connectivity index (χ4v) is 0. The fraction of sp³-hybridized carbons (Fsp3) is 0. The number of hydrogen-bond donors (Lipinski definition) is 0. The van der Waals surface area contributed by atoms with Crippen molar-refractivity contribution in [1.82, 2.24) is 0 Å². The van der Waals surface area contributed by atoms with Gasteiger partial charge < -0.3 is 16.4 Å². The molecule has 0 bridgehead atoms. The molecular weight excluding hydrogens is 401 g/mol. The van der Waals surface area contributed by atoms with Crippen molar-refractivity contribution in [3.8, 4) is 0 Å². The van der Waals surface area contributed by atoms with Crippen molar-refractivity contribution >= 4 is 51.5 Å². The normalized spacial score (nSPS) is 0. The summed E-state index contributed by atoms with van der Waals surface area (Å²) in [5.74, 6) is 0. The zero-order valence-corrected chi connectivity index (χ0v) is 14.2. The SMILES string of the molecule is [Al+3].[Al+3].[B].[B].[La].[La].[O-2].[O-2].[O-2]. The van der Waals surface area contributed by atoms with Gasteiger partial charge in [0.1, 0.15) is 0 Å². The van der Waals surface area contributed by atoms with Gasteiger partial charge in [-0.05, 0) is 0 Å². The number of hydrogen-bond acceptors (Lipinski definition) is 0. The van der Waals surface area contributed by atoms with Gasteiger partial charge in [-0.15, -0.1) is 0 Å². The van der Waals surface area contributed by atoms with Crippen molar-refractivity contribution in [3.63, 3.8) is 0 Å². The fourth-order valence-electron chi connectivity index (χ4n) is 0. The molecule has 0 fully saturated rings. The monoisotopic (exact) mass is 402 g/mol. The molecule has 0 aliphatic heterocycles. The summed E-state index contributed by atoms with van der Waals surface area (Å²) in [6, 6.07) is 0. The summed E-state index contributed by atoms with van der Waals surface area (Å²) in [6.45, 7) is 0. The molecule has 9 heteroatoms. The maximum absolute atomic E-state index is 0. The van der Waals surface area contributed by atoms with Crippen LogP contribution in [0.1, 0.15) is 0 Å². The van der Waals surface area contributed by atoms with Crippen molar-refractivity contribution in [2.24, 2.45) is 0 Å². The minimum absolute atomic E-state index is 0. The van der Waals surface area contributed by atoms with E-state index in [0.717, 1.165) is 0 Å². The molecule has 0 atom stereocenters. The van der Waals surface area contributed by atoms with Crippen LogP contribution in [0.15, 0.2) is 0 Å². The summed E-state index contributed by atoms with van der Waals surface area (Å²) in [4.78, 5) is 0.